The second-order valence-corrected chi connectivity index (χ2v) is 3.57. The van der Waals surface area contributed by atoms with E-state index in [1.807, 2.05) is 0 Å². The Labute approximate surface area is 76.2 Å². The van der Waals surface area contributed by atoms with E-state index in [1.54, 1.807) is 20.8 Å². The summed E-state index contributed by atoms with van der Waals surface area (Å²) >= 11 is 0. The summed E-state index contributed by atoms with van der Waals surface area (Å²) in [7, 11) is 0. The molecule has 0 saturated carbocycles. The lowest BCUT2D eigenvalue weighted by atomic mass is 9.96. The first kappa shape index (κ1) is 9.77. The molecule has 1 N–H and O–H groups in total. The maximum atomic E-state index is 11.2. The minimum absolute atomic E-state index is 0.256. The van der Waals surface area contributed by atoms with Crippen molar-refractivity contribution in [2.75, 3.05) is 0 Å². The molecule has 0 aliphatic carbocycles. The highest BCUT2D eigenvalue weighted by Crippen LogP contribution is 2.33. The Morgan fingerprint density at radius 2 is 2.08 bits per heavy atom. The predicted molar refractivity (Wildman–Crippen MR) is 45.1 cm³/mol. The number of carboxylic acids is 1. The van der Waals surface area contributed by atoms with Crippen molar-refractivity contribution in [1.29, 1.82) is 0 Å². The highest BCUT2D eigenvalue weighted by Gasteiger charge is 2.37. The number of carbonyl (C=O) groups excluding carboxylic acids is 1. The summed E-state index contributed by atoms with van der Waals surface area (Å²) in [6.07, 6.45) is -0.256. The number of carbonyl (C=O) groups is 2. The first-order valence-electron chi connectivity index (χ1n) is 4.00. The lowest BCUT2D eigenvalue weighted by Crippen LogP contribution is -2.21. The Hall–Kier alpha value is -1.32. The molecule has 13 heavy (non-hydrogen) atoms. The lowest BCUT2D eigenvalue weighted by molar-refractivity contribution is -0.146. The van der Waals surface area contributed by atoms with Gasteiger partial charge in [-0.2, -0.15) is 0 Å². The maximum absolute atomic E-state index is 11.2. The quantitative estimate of drug-likeness (QED) is 0.653. The third kappa shape index (κ3) is 1.71. The van der Waals surface area contributed by atoms with E-state index in [4.69, 9.17) is 9.84 Å². The van der Waals surface area contributed by atoms with E-state index in [9.17, 15) is 9.59 Å². The molecule has 4 heteroatoms. The van der Waals surface area contributed by atoms with Gasteiger partial charge in [-0.3, -0.25) is 4.79 Å². The molecule has 0 aromatic heterocycles. The molecule has 72 valence electrons. The minimum atomic E-state index is -1.01. The van der Waals surface area contributed by atoms with E-state index in [2.05, 4.69) is 0 Å². The lowest BCUT2D eigenvalue weighted by Gasteiger charge is -2.18. The summed E-state index contributed by atoms with van der Waals surface area (Å²) in [5, 5.41) is 8.54. The van der Waals surface area contributed by atoms with Crippen LogP contribution in [0.2, 0.25) is 0 Å². The summed E-state index contributed by atoms with van der Waals surface area (Å²) in [5.41, 5.74) is 0.333. The molecule has 0 atom stereocenters. The van der Waals surface area contributed by atoms with E-state index < -0.39 is 17.5 Å². The van der Waals surface area contributed by atoms with Gasteiger partial charge in [0.15, 0.2) is 0 Å². The van der Waals surface area contributed by atoms with Gasteiger partial charge in [0.1, 0.15) is 5.60 Å². The average molecular weight is 184 g/mol. The maximum Gasteiger partial charge on any atom is 0.335 e. The van der Waals surface area contributed by atoms with Crippen molar-refractivity contribution in [2.24, 2.45) is 0 Å². The number of hydrogen-bond acceptors (Lipinski definition) is 3. The van der Waals surface area contributed by atoms with Crippen LogP contribution in [0.15, 0.2) is 11.1 Å². The number of rotatable bonds is 2. The van der Waals surface area contributed by atoms with E-state index in [-0.39, 0.29) is 12.0 Å². The normalized spacial score (nSPS) is 20.4. The SMILES string of the molecule is CC1=C(CC(=O)O)C(=O)OC1(C)C. The Morgan fingerprint density at radius 1 is 1.54 bits per heavy atom. The molecule has 0 radical (unpaired) electrons. The van der Waals surface area contributed by atoms with Crippen LogP contribution in [0.4, 0.5) is 0 Å². The first-order valence-corrected chi connectivity index (χ1v) is 4.00. The highest BCUT2D eigenvalue weighted by molar-refractivity contribution is 5.97. The molecule has 0 amide bonds. The van der Waals surface area contributed by atoms with Crippen molar-refractivity contribution in [3.63, 3.8) is 0 Å². The zero-order valence-electron chi connectivity index (χ0n) is 7.88. The molecule has 1 heterocycles. The van der Waals surface area contributed by atoms with Crippen LogP contribution < -0.4 is 0 Å². The van der Waals surface area contributed by atoms with Gasteiger partial charge in [-0.15, -0.1) is 0 Å². The van der Waals surface area contributed by atoms with Gasteiger partial charge in [0.2, 0.25) is 0 Å². The van der Waals surface area contributed by atoms with Gasteiger partial charge in [-0.25, -0.2) is 4.79 Å². The Kier molecular flexibility index (Phi) is 2.15. The minimum Gasteiger partial charge on any atom is -0.481 e. The Morgan fingerprint density at radius 3 is 2.38 bits per heavy atom. The molecule has 0 saturated heterocycles. The van der Waals surface area contributed by atoms with Gasteiger partial charge < -0.3 is 9.84 Å². The van der Waals surface area contributed by atoms with Gasteiger partial charge in [0.05, 0.1) is 12.0 Å². The second-order valence-electron chi connectivity index (χ2n) is 3.57. The Bertz CT molecular complexity index is 299. The zero-order chi connectivity index (χ0) is 10.2. The topological polar surface area (TPSA) is 63.6 Å². The van der Waals surface area contributed by atoms with Crippen molar-refractivity contribution in [3.8, 4) is 0 Å². The molecule has 0 aromatic rings. The number of ether oxygens (including phenoxy) is 1. The molecule has 4 nitrogen and oxygen atoms in total. The zero-order valence-corrected chi connectivity index (χ0v) is 7.88. The van der Waals surface area contributed by atoms with E-state index in [0.29, 0.717) is 5.57 Å². The van der Waals surface area contributed by atoms with Crippen LogP contribution in [0.1, 0.15) is 27.2 Å². The molecular weight excluding hydrogens is 172 g/mol. The van der Waals surface area contributed by atoms with Crippen LogP contribution in [0.3, 0.4) is 0 Å². The number of hydrogen-bond donors (Lipinski definition) is 1. The standard InChI is InChI=1S/C9H12O4/c1-5-6(4-7(10)11)8(12)13-9(5,2)3/h4H2,1-3H3,(H,10,11). The van der Waals surface area contributed by atoms with E-state index in [0.717, 1.165) is 0 Å². The van der Waals surface area contributed by atoms with Gasteiger partial charge in [-0.05, 0) is 26.3 Å². The first-order chi connectivity index (χ1) is 5.84. The fourth-order valence-corrected chi connectivity index (χ4v) is 1.24. The number of cyclic esters (lactones) is 1. The largest absolute Gasteiger partial charge is 0.481 e. The summed E-state index contributed by atoms with van der Waals surface area (Å²) < 4.78 is 5.00. The number of esters is 1. The molecule has 1 aliphatic heterocycles. The fourth-order valence-electron chi connectivity index (χ4n) is 1.24. The highest BCUT2D eigenvalue weighted by atomic mass is 16.6. The van der Waals surface area contributed by atoms with Crippen LogP contribution in [-0.2, 0) is 14.3 Å². The number of carboxylic acid groups (broad SMARTS) is 1. The smallest absolute Gasteiger partial charge is 0.335 e. The molecule has 0 unspecified atom stereocenters. The Balaban J connectivity index is 2.99. The van der Waals surface area contributed by atoms with Gasteiger partial charge >= 0.3 is 11.9 Å². The molecule has 1 aliphatic rings. The van der Waals surface area contributed by atoms with E-state index >= 15 is 0 Å². The second kappa shape index (κ2) is 2.87. The monoisotopic (exact) mass is 184 g/mol. The summed E-state index contributed by atoms with van der Waals surface area (Å²) in [6.45, 7) is 5.22. The van der Waals surface area contributed by atoms with Crippen LogP contribution >= 0.6 is 0 Å². The van der Waals surface area contributed by atoms with Crippen LogP contribution in [0.25, 0.3) is 0 Å². The van der Waals surface area contributed by atoms with E-state index in [1.165, 1.54) is 0 Å². The van der Waals surface area contributed by atoms with Crippen molar-refractivity contribution in [3.05, 3.63) is 11.1 Å². The fraction of sp³-hybridized carbons (Fsp3) is 0.556. The third-order valence-corrected chi connectivity index (χ3v) is 2.28. The van der Waals surface area contributed by atoms with Crippen molar-refractivity contribution in [2.45, 2.75) is 32.8 Å². The molecule has 0 spiro atoms. The molecular formula is C9H12O4. The molecule has 1 rings (SSSR count). The summed E-state index contributed by atoms with van der Waals surface area (Å²) in [5.74, 6) is -1.52. The summed E-state index contributed by atoms with van der Waals surface area (Å²) in [4.78, 5) is 21.6. The van der Waals surface area contributed by atoms with Crippen LogP contribution in [0, 0.1) is 0 Å². The van der Waals surface area contributed by atoms with Crippen LogP contribution in [0.5, 0.6) is 0 Å². The van der Waals surface area contributed by atoms with Crippen molar-refractivity contribution in [1.82, 2.24) is 0 Å². The van der Waals surface area contributed by atoms with Gasteiger partial charge in [0, 0.05) is 0 Å². The van der Waals surface area contributed by atoms with Crippen molar-refractivity contribution >= 4 is 11.9 Å². The third-order valence-electron chi connectivity index (χ3n) is 2.28. The van der Waals surface area contributed by atoms with Gasteiger partial charge in [0.25, 0.3) is 0 Å². The van der Waals surface area contributed by atoms with Crippen molar-refractivity contribution < 1.29 is 19.4 Å². The van der Waals surface area contributed by atoms with Gasteiger partial charge in [-0.1, -0.05) is 0 Å². The average Bonchev–Trinajstić information content (AvgIpc) is 2.12. The molecule has 0 aromatic carbocycles. The van der Waals surface area contributed by atoms with Crippen LogP contribution in [-0.4, -0.2) is 22.6 Å². The molecule has 0 bridgehead atoms. The number of aliphatic carboxylic acids is 1. The summed E-state index contributed by atoms with van der Waals surface area (Å²) in [6, 6.07) is 0. The predicted octanol–water partition coefficient (Wildman–Crippen LogP) is 1.11. The molecule has 0 fully saturated rings.